The predicted molar refractivity (Wildman–Crippen MR) is 77.2 cm³/mol. The van der Waals surface area contributed by atoms with Gasteiger partial charge in [0.2, 0.25) is 5.91 Å². The SMILES string of the molecule is CN(Cc1ncc[nH]1)C(=O)C=Cc1ccc([N+](=O)[O-])cc1. The van der Waals surface area contributed by atoms with Gasteiger partial charge >= 0.3 is 0 Å². The lowest BCUT2D eigenvalue weighted by atomic mass is 10.2. The number of non-ortho nitro benzene ring substituents is 1. The number of carbonyl (C=O) groups excluding carboxylic acids is 1. The van der Waals surface area contributed by atoms with E-state index in [1.807, 2.05) is 0 Å². The maximum Gasteiger partial charge on any atom is 0.269 e. The van der Waals surface area contributed by atoms with E-state index in [0.717, 1.165) is 5.56 Å². The number of aromatic nitrogens is 2. The first-order valence-electron chi connectivity index (χ1n) is 6.22. The first-order valence-corrected chi connectivity index (χ1v) is 6.22. The fourth-order valence-corrected chi connectivity index (χ4v) is 1.69. The third kappa shape index (κ3) is 4.00. The molecule has 0 aliphatic rings. The van der Waals surface area contributed by atoms with Crippen molar-refractivity contribution >= 4 is 17.7 Å². The molecule has 21 heavy (non-hydrogen) atoms. The standard InChI is InChI=1S/C14H14N4O3/c1-17(10-13-15-8-9-16-13)14(19)7-4-11-2-5-12(6-3-11)18(20)21/h2-9H,10H2,1H3,(H,15,16). The monoisotopic (exact) mass is 286 g/mol. The number of aromatic amines is 1. The molecule has 0 aliphatic heterocycles. The number of carbonyl (C=O) groups is 1. The summed E-state index contributed by atoms with van der Waals surface area (Å²) in [5.41, 5.74) is 0.744. The normalized spacial score (nSPS) is 10.7. The van der Waals surface area contributed by atoms with Gasteiger partial charge in [-0.15, -0.1) is 0 Å². The molecule has 0 fully saturated rings. The van der Waals surface area contributed by atoms with Crippen LogP contribution in [0.3, 0.4) is 0 Å². The number of nitro groups is 1. The number of benzene rings is 1. The van der Waals surface area contributed by atoms with E-state index in [1.54, 1.807) is 37.7 Å². The van der Waals surface area contributed by atoms with E-state index in [9.17, 15) is 14.9 Å². The Bertz CT molecular complexity index is 647. The van der Waals surface area contributed by atoms with Crippen LogP contribution in [0.1, 0.15) is 11.4 Å². The van der Waals surface area contributed by atoms with Gasteiger partial charge in [0, 0.05) is 37.7 Å². The number of hydrogen-bond acceptors (Lipinski definition) is 4. The Hall–Kier alpha value is -2.96. The van der Waals surface area contributed by atoms with Crippen molar-refractivity contribution in [2.45, 2.75) is 6.54 Å². The quantitative estimate of drug-likeness (QED) is 0.517. The molecule has 0 spiro atoms. The van der Waals surface area contributed by atoms with Crippen molar-refractivity contribution in [2.24, 2.45) is 0 Å². The van der Waals surface area contributed by atoms with Crippen molar-refractivity contribution in [2.75, 3.05) is 7.05 Å². The minimum Gasteiger partial charge on any atom is -0.347 e. The first kappa shape index (κ1) is 14.4. The highest BCUT2D eigenvalue weighted by molar-refractivity contribution is 5.91. The lowest BCUT2D eigenvalue weighted by Gasteiger charge is -2.12. The molecule has 7 nitrogen and oxygen atoms in total. The number of hydrogen-bond donors (Lipinski definition) is 1. The fraction of sp³-hybridized carbons (Fsp3) is 0.143. The number of likely N-dealkylation sites (N-methyl/N-ethyl adjacent to an activating group) is 1. The van der Waals surface area contributed by atoms with Crippen LogP contribution in [0.5, 0.6) is 0 Å². The average molecular weight is 286 g/mol. The highest BCUT2D eigenvalue weighted by atomic mass is 16.6. The van der Waals surface area contributed by atoms with Gasteiger partial charge in [0.05, 0.1) is 11.5 Å². The number of amides is 1. The highest BCUT2D eigenvalue weighted by Gasteiger charge is 2.07. The molecule has 0 atom stereocenters. The van der Waals surface area contributed by atoms with Crippen LogP contribution in [-0.2, 0) is 11.3 Å². The van der Waals surface area contributed by atoms with Crippen LogP contribution in [0.4, 0.5) is 5.69 Å². The lowest BCUT2D eigenvalue weighted by Crippen LogP contribution is -2.24. The molecule has 2 rings (SSSR count). The smallest absolute Gasteiger partial charge is 0.269 e. The predicted octanol–water partition coefficient (Wildman–Crippen LogP) is 1.99. The van der Waals surface area contributed by atoms with Gasteiger partial charge in [-0.3, -0.25) is 14.9 Å². The summed E-state index contributed by atoms with van der Waals surface area (Å²) >= 11 is 0. The molecule has 1 aromatic heterocycles. The second-order valence-electron chi connectivity index (χ2n) is 4.41. The van der Waals surface area contributed by atoms with Crippen molar-refractivity contribution in [3.8, 4) is 0 Å². The largest absolute Gasteiger partial charge is 0.347 e. The summed E-state index contributed by atoms with van der Waals surface area (Å²) < 4.78 is 0. The minimum atomic E-state index is -0.463. The van der Waals surface area contributed by atoms with E-state index < -0.39 is 4.92 Å². The van der Waals surface area contributed by atoms with Gasteiger partial charge in [-0.2, -0.15) is 0 Å². The second kappa shape index (κ2) is 6.47. The summed E-state index contributed by atoms with van der Waals surface area (Å²) in [4.78, 5) is 30.5. The van der Waals surface area contributed by atoms with Crippen LogP contribution in [0.15, 0.2) is 42.7 Å². The van der Waals surface area contributed by atoms with Crippen molar-refractivity contribution in [3.05, 3.63) is 64.2 Å². The van der Waals surface area contributed by atoms with Crippen molar-refractivity contribution in [1.29, 1.82) is 0 Å². The van der Waals surface area contributed by atoms with E-state index in [2.05, 4.69) is 9.97 Å². The average Bonchev–Trinajstić information content (AvgIpc) is 2.98. The van der Waals surface area contributed by atoms with Crippen molar-refractivity contribution in [1.82, 2.24) is 14.9 Å². The minimum absolute atomic E-state index is 0.0217. The van der Waals surface area contributed by atoms with E-state index in [4.69, 9.17) is 0 Å². The molecular formula is C14H14N4O3. The van der Waals surface area contributed by atoms with Gasteiger partial charge in [0.25, 0.3) is 5.69 Å². The third-order valence-corrected chi connectivity index (χ3v) is 2.84. The van der Waals surface area contributed by atoms with E-state index in [1.165, 1.54) is 23.1 Å². The summed E-state index contributed by atoms with van der Waals surface area (Å²) in [6.07, 6.45) is 6.36. The van der Waals surface area contributed by atoms with Crippen LogP contribution >= 0.6 is 0 Å². The van der Waals surface area contributed by atoms with Crippen LogP contribution in [0.2, 0.25) is 0 Å². The molecular weight excluding hydrogens is 272 g/mol. The summed E-state index contributed by atoms with van der Waals surface area (Å²) in [6, 6.07) is 5.98. The summed E-state index contributed by atoms with van der Waals surface area (Å²) in [7, 11) is 1.67. The van der Waals surface area contributed by atoms with Gasteiger partial charge < -0.3 is 9.88 Å². The summed E-state index contributed by atoms with van der Waals surface area (Å²) in [5.74, 6) is 0.527. The molecule has 108 valence electrons. The van der Waals surface area contributed by atoms with Gasteiger partial charge in [-0.1, -0.05) is 0 Å². The molecule has 2 aromatic rings. The number of H-pyrrole nitrogens is 1. The molecule has 0 unspecified atom stereocenters. The molecule has 0 saturated carbocycles. The lowest BCUT2D eigenvalue weighted by molar-refractivity contribution is -0.384. The van der Waals surface area contributed by atoms with Gasteiger partial charge in [0.1, 0.15) is 5.82 Å². The molecule has 0 bridgehead atoms. The van der Waals surface area contributed by atoms with Crippen LogP contribution in [-0.4, -0.2) is 32.7 Å². The van der Waals surface area contributed by atoms with Gasteiger partial charge in [-0.05, 0) is 23.8 Å². The Morgan fingerprint density at radius 3 is 2.71 bits per heavy atom. The van der Waals surface area contributed by atoms with Crippen molar-refractivity contribution < 1.29 is 9.72 Å². The van der Waals surface area contributed by atoms with Gasteiger partial charge in [-0.25, -0.2) is 4.98 Å². The summed E-state index contributed by atoms with van der Waals surface area (Å²) in [5, 5.41) is 10.5. The third-order valence-electron chi connectivity index (χ3n) is 2.84. The maximum absolute atomic E-state index is 11.9. The van der Waals surface area contributed by atoms with Crippen LogP contribution in [0.25, 0.3) is 6.08 Å². The molecule has 1 N–H and O–H groups in total. The van der Waals surface area contributed by atoms with E-state index in [-0.39, 0.29) is 11.6 Å². The number of rotatable bonds is 5. The molecule has 0 aliphatic carbocycles. The number of nitrogens with zero attached hydrogens (tertiary/aromatic N) is 3. The molecule has 1 heterocycles. The molecule has 1 amide bonds. The zero-order chi connectivity index (χ0) is 15.2. The van der Waals surface area contributed by atoms with Crippen LogP contribution in [0, 0.1) is 10.1 Å². The highest BCUT2D eigenvalue weighted by Crippen LogP contribution is 2.13. The Balaban J connectivity index is 1.96. The Morgan fingerprint density at radius 1 is 1.43 bits per heavy atom. The topological polar surface area (TPSA) is 92.1 Å². The fourth-order valence-electron chi connectivity index (χ4n) is 1.69. The Kier molecular flexibility index (Phi) is 4.45. The van der Waals surface area contributed by atoms with Crippen molar-refractivity contribution in [3.63, 3.8) is 0 Å². The molecule has 1 aromatic carbocycles. The number of nitrogens with one attached hydrogen (secondary N) is 1. The zero-order valence-corrected chi connectivity index (χ0v) is 11.4. The first-order chi connectivity index (χ1) is 10.1. The molecule has 0 saturated heterocycles. The summed E-state index contributed by atoms with van der Waals surface area (Å²) in [6.45, 7) is 0.385. The molecule has 7 heteroatoms. The van der Waals surface area contributed by atoms with Crippen LogP contribution < -0.4 is 0 Å². The number of nitro benzene ring substituents is 1. The number of imidazole rings is 1. The maximum atomic E-state index is 11.9. The second-order valence-corrected chi connectivity index (χ2v) is 4.41. The van der Waals surface area contributed by atoms with E-state index in [0.29, 0.717) is 12.4 Å². The zero-order valence-electron chi connectivity index (χ0n) is 11.4. The molecule has 0 radical (unpaired) electrons. The van der Waals surface area contributed by atoms with E-state index >= 15 is 0 Å². The Morgan fingerprint density at radius 2 is 2.14 bits per heavy atom. The Labute approximate surface area is 121 Å². The van der Waals surface area contributed by atoms with Gasteiger partial charge in [0.15, 0.2) is 0 Å².